The van der Waals surface area contributed by atoms with Crippen molar-refractivity contribution in [2.75, 3.05) is 11.1 Å². The average molecular weight is 435 g/mol. The Labute approximate surface area is 178 Å². The van der Waals surface area contributed by atoms with Crippen LogP contribution in [0.2, 0.25) is 10.0 Å². The van der Waals surface area contributed by atoms with Crippen molar-refractivity contribution in [1.82, 2.24) is 14.8 Å². The zero-order chi connectivity index (χ0) is 20.1. The van der Waals surface area contributed by atoms with Crippen molar-refractivity contribution >= 4 is 46.6 Å². The van der Waals surface area contributed by atoms with Crippen LogP contribution in [-0.2, 0) is 11.3 Å². The largest absolute Gasteiger partial charge is 0.324 e. The van der Waals surface area contributed by atoms with E-state index in [-0.39, 0.29) is 11.7 Å². The number of carbonyl (C=O) groups excluding carboxylic acids is 1. The molecule has 1 heterocycles. The molecule has 146 valence electrons. The first-order valence-electron chi connectivity index (χ1n) is 8.81. The van der Waals surface area contributed by atoms with Gasteiger partial charge in [-0.1, -0.05) is 85.2 Å². The third-order valence-electron chi connectivity index (χ3n) is 3.85. The van der Waals surface area contributed by atoms with Crippen LogP contribution in [0.25, 0.3) is 11.4 Å². The van der Waals surface area contributed by atoms with Gasteiger partial charge in [-0.05, 0) is 18.1 Å². The minimum Gasteiger partial charge on any atom is -0.324 e. The first-order valence-corrected chi connectivity index (χ1v) is 10.5. The van der Waals surface area contributed by atoms with Crippen molar-refractivity contribution in [3.63, 3.8) is 0 Å². The Morgan fingerprint density at radius 3 is 2.57 bits per heavy atom. The number of nitrogens with one attached hydrogen (secondary N) is 1. The van der Waals surface area contributed by atoms with Gasteiger partial charge in [0.2, 0.25) is 5.91 Å². The third-order valence-corrected chi connectivity index (χ3v) is 5.64. The number of rotatable bonds is 7. The second kappa shape index (κ2) is 9.45. The molecule has 0 atom stereocenters. The number of halogens is 2. The van der Waals surface area contributed by atoms with Gasteiger partial charge in [-0.3, -0.25) is 4.79 Å². The summed E-state index contributed by atoms with van der Waals surface area (Å²) < 4.78 is 2.06. The molecule has 2 aromatic carbocycles. The summed E-state index contributed by atoms with van der Waals surface area (Å²) in [7, 11) is 0. The summed E-state index contributed by atoms with van der Waals surface area (Å²) in [6.07, 6.45) is 0. The van der Waals surface area contributed by atoms with Gasteiger partial charge in [0, 0.05) is 12.1 Å². The molecule has 0 aliphatic carbocycles. The molecule has 3 rings (SSSR count). The molecule has 1 aromatic heterocycles. The molecule has 0 fully saturated rings. The average Bonchev–Trinajstić information content (AvgIpc) is 3.06. The molecule has 1 N–H and O–H groups in total. The molecule has 1 amide bonds. The maximum absolute atomic E-state index is 12.4. The normalized spacial score (nSPS) is 11.0. The van der Waals surface area contributed by atoms with E-state index < -0.39 is 0 Å². The Morgan fingerprint density at radius 2 is 1.86 bits per heavy atom. The molecule has 0 aliphatic heterocycles. The van der Waals surface area contributed by atoms with Crippen molar-refractivity contribution in [1.29, 1.82) is 0 Å². The molecule has 0 spiro atoms. The smallest absolute Gasteiger partial charge is 0.234 e. The Hall–Kier alpha value is -2.02. The topological polar surface area (TPSA) is 59.8 Å². The molecule has 0 bridgehead atoms. The van der Waals surface area contributed by atoms with Gasteiger partial charge in [-0.25, -0.2) is 0 Å². The van der Waals surface area contributed by atoms with Gasteiger partial charge in [-0.2, -0.15) is 0 Å². The fourth-order valence-corrected chi connectivity index (χ4v) is 3.74. The van der Waals surface area contributed by atoms with E-state index in [1.807, 2.05) is 30.3 Å². The summed E-state index contributed by atoms with van der Waals surface area (Å²) in [5.74, 6) is 1.22. The first kappa shape index (κ1) is 20.7. The number of carbonyl (C=O) groups is 1. The molecule has 3 aromatic rings. The van der Waals surface area contributed by atoms with Crippen LogP contribution in [0, 0.1) is 5.92 Å². The molecule has 0 saturated carbocycles. The predicted molar refractivity (Wildman–Crippen MR) is 116 cm³/mol. The first-order chi connectivity index (χ1) is 13.5. The van der Waals surface area contributed by atoms with Crippen molar-refractivity contribution in [2.45, 2.75) is 25.5 Å². The fraction of sp³-hybridized carbons (Fsp3) is 0.250. The molecular weight excluding hydrogens is 415 g/mol. The predicted octanol–water partition coefficient (Wildman–Crippen LogP) is 5.64. The van der Waals surface area contributed by atoms with Gasteiger partial charge in [0.05, 0.1) is 21.5 Å². The lowest BCUT2D eigenvalue weighted by Crippen LogP contribution is -2.15. The number of hydrogen-bond donors (Lipinski definition) is 1. The zero-order valence-corrected chi connectivity index (χ0v) is 17.9. The van der Waals surface area contributed by atoms with Gasteiger partial charge in [0.25, 0.3) is 0 Å². The van der Waals surface area contributed by atoms with Gasteiger partial charge >= 0.3 is 0 Å². The van der Waals surface area contributed by atoms with Crippen LogP contribution in [0.3, 0.4) is 0 Å². The maximum atomic E-state index is 12.4. The lowest BCUT2D eigenvalue weighted by atomic mass is 10.2. The summed E-state index contributed by atoms with van der Waals surface area (Å²) in [4.78, 5) is 12.4. The van der Waals surface area contributed by atoms with Crippen molar-refractivity contribution in [3.8, 4) is 11.4 Å². The SMILES string of the molecule is CC(C)Cn1c(SCC(=O)Nc2cccc(Cl)c2Cl)nnc1-c1ccccc1. The lowest BCUT2D eigenvalue weighted by molar-refractivity contribution is -0.113. The number of aromatic nitrogens is 3. The van der Waals surface area contributed by atoms with E-state index >= 15 is 0 Å². The van der Waals surface area contributed by atoms with Crippen molar-refractivity contribution in [3.05, 3.63) is 58.6 Å². The summed E-state index contributed by atoms with van der Waals surface area (Å²) in [6, 6.07) is 15.0. The number of amides is 1. The van der Waals surface area contributed by atoms with Crippen LogP contribution in [0.4, 0.5) is 5.69 Å². The third kappa shape index (κ3) is 5.07. The van der Waals surface area contributed by atoms with Crippen LogP contribution in [-0.4, -0.2) is 26.4 Å². The summed E-state index contributed by atoms with van der Waals surface area (Å²) >= 11 is 13.5. The number of anilines is 1. The molecule has 0 unspecified atom stereocenters. The Balaban J connectivity index is 1.74. The molecule has 0 saturated heterocycles. The monoisotopic (exact) mass is 434 g/mol. The highest BCUT2D eigenvalue weighted by Gasteiger charge is 2.17. The quantitative estimate of drug-likeness (QED) is 0.488. The zero-order valence-electron chi connectivity index (χ0n) is 15.5. The molecule has 0 aliphatic rings. The van der Waals surface area contributed by atoms with Crippen molar-refractivity contribution in [2.24, 2.45) is 5.92 Å². The van der Waals surface area contributed by atoms with Crippen LogP contribution < -0.4 is 5.32 Å². The van der Waals surface area contributed by atoms with E-state index in [2.05, 4.69) is 33.9 Å². The molecule has 5 nitrogen and oxygen atoms in total. The van der Waals surface area contributed by atoms with E-state index in [1.165, 1.54) is 11.8 Å². The number of thioether (sulfide) groups is 1. The summed E-state index contributed by atoms with van der Waals surface area (Å²) in [5.41, 5.74) is 1.49. The standard InChI is InChI=1S/C20H20Cl2N4OS/c1-13(2)11-26-19(14-7-4-3-5-8-14)24-25-20(26)28-12-17(27)23-16-10-6-9-15(21)18(16)22/h3-10,13H,11-12H2,1-2H3,(H,23,27). The number of hydrogen-bond acceptors (Lipinski definition) is 4. The van der Waals surface area contributed by atoms with Gasteiger partial charge in [0.15, 0.2) is 11.0 Å². The number of benzene rings is 2. The molecule has 28 heavy (non-hydrogen) atoms. The minimum atomic E-state index is -0.186. The second-order valence-corrected chi connectivity index (χ2v) is 8.34. The second-order valence-electron chi connectivity index (χ2n) is 6.61. The van der Waals surface area contributed by atoms with Gasteiger partial charge in [0.1, 0.15) is 0 Å². The van der Waals surface area contributed by atoms with Crippen LogP contribution in [0.5, 0.6) is 0 Å². The van der Waals surface area contributed by atoms with E-state index in [1.54, 1.807) is 18.2 Å². The fourth-order valence-electron chi connectivity index (χ4n) is 2.64. The van der Waals surface area contributed by atoms with Crippen LogP contribution in [0.1, 0.15) is 13.8 Å². The van der Waals surface area contributed by atoms with Crippen LogP contribution in [0.15, 0.2) is 53.7 Å². The number of nitrogens with zero attached hydrogens (tertiary/aromatic N) is 3. The molecule has 0 radical (unpaired) electrons. The van der Waals surface area contributed by atoms with E-state index in [4.69, 9.17) is 23.2 Å². The lowest BCUT2D eigenvalue weighted by Gasteiger charge is -2.12. The van der Waals surface area contributed by atoms with E-state index in [0.29, 0.717) is 26.8 Å². The Morgan fingerprint density at radius 1 is 1.11 bits per heavy atom. The maximum Gasteiger partial charge on any atom is 0.234 e. The van der Waals surface area contributed by atoms with Gasteiger partial charge in [-0.15, -0.1) is 10.2 Å². The van der Waals surface area contributed by atoms with E-state index in [0.717, 1.165) is 17.9 Å². The Kier molecular flexibility index (Phi) is 6.99. The van der Waals surface area contributed by atoms with Crippen LogP contribution >= 0.6 is 35.0 Å². The van der Waals surface area contributed by atoms with Gasteiger partial charge < -0.3 is 9.88 Å². The minimum absolute atomic E-state index is 0.186. The molecule has 8 heteroatoms. The highest BCUT2D eigenvalue weighted by atomic mass is 35.5. The highest BCUT2D eigenvalue weighted by Crippen LogP contribution is 2.30. The summed E-state index contributed by atoms with van der Waals surface area (Å²) in [6.45, 7) is 5.04. The van der Waals surface area contributed by atoms with E-state index in [9.17, 15) is 4.79 Å². The summed E-state index contributed by atoms with van der Waals surface area (Å²) in [5, 5.41) is 12.9. The van der Waals surface area contributed by atoms with Crippen molar-refractivity contribution < 1.29 is 4.79 Å². The molecular formula is C20H20Cl2N4OS. The highest BCUT2D eigenvalue weighted by molar-refractivity contribution is 7.99. The Bertz CT molecular complexity index is 960.